The predicted octanol–water partition coefficient (Wildman–Crippen LogP) is 3.95. The first-order valence-corrected chi connectivity index (χ1v) is 9.41. The van der Waals surface area contributed by atoms with Crippen LogP contribution < -0.4 is 10.2 Å². The Morgan fingerprint density at radius 2 is 1.89 bits per heavy atom. The Balaban J connectivity index is 2.01. The first kappa shape index (κ1) is 20.0. The van der Waals surface area contributed by atoms with Gasteiger partial charge in [0.15, 0.2) is 11.0 Å². The number of halogens is 1. The van der Waals surface area contributed by atoms with Gasteiger partial charge in [-0.05, 0) is 47.5 Å². The lowest BCUT2D eigenvalue weighted by Gasteiger charge is -2.11. The first-order chi connectivity index (χ1) is 13.5. The molecule has 0 atom stereocenters. The van der Waals surface area contributed by atoms with E-state index in [0.717, 1.165) is 28.5 Å². The summed E-state index contributed by atoms with van der Waals surface area (Å²) in [4.78, 5) is 18.8. The highest BCUT2D eigenvalue weighted by Crippen LogP contribution is 2.33. The minimum atomic E-state index is -0.925. The molecule has 3 N–H and O–H groups in total. The number of nitrogens with one attached hydrogen (secondary N) is 2. The SMILES string of the molecule is CONc1cc(-c2cc(Cl)cc(OC)c2)cc(-c2nnc(SCC(=O)O)[nH]2)c1. The summed E-state index contributed by atoms with van der Waals surface area (Å²) in [6.07, 6.45) is 0. The largest absolute Gasteiger partial charge is 0.497 e. The van der Waals surface area contributed by atoms with Crippen molar-refractivity contribution >= 4 is 35.0 Å². The standard InChI is InChI=1S/C18H17ClN4O4S/c1-26-15-7-11(4-13(19)8-15)10-3-12(6-14(5-10)23-27-2)17-20-18(22-21-17)28-9-16(24)25/h3-8,23H,9H2,1-2H3,(H,24,25)(H,20,21,22). The molecule has 0 aliphatic carbocycles. The van der Waals surface area contributed by atoms with Gasteiger partial charge in [-0.3, -0.25) is 15.1 Å². The number of methoxy groups -OCH3 is 1. The molecule has 28 heavy (non-hydrogen) atoms. The zero-order chi connectivity index (χ0) is 20.1. The van der Waals surface area contributed by atoms with Gasteiger partial charge in [0.2, 0.25) is 0 Å². The molecule has 0 radical (unpaired) electrons. The zero-order valence-corrected chi connectivity index (χ0v) is 16.6. The smallest absolute Gasteiger partial charge is 0.313 e. The van der Waals surface area contributed by atoms with E-state index in [9.17, 15) is 4.79 Å². The lowest BCUT2D eigenvalue weighted by Crippen LogP contribution is -1.98. The van der Waals surface area contributed by atoms with E-state index >= 15 is 0 Å². The average Bonchev–Trinajstić information content (AvgIpc) is 3.15. The summed E-state index contributed by atoms with van der Waals surface area (Å²) in [7, 11) is 3.10. The zero-order valence-electron chi connectivity index (χ0n) is 15.0. The van der Waals surface area contributed by atoms with Crippen LogP contribution in [0.4, 0.5) is 5.69 Å². The second-order valence-corrected chi connectivity index (χ2v) is 7.05. The molecule has 2 aromatic carbocycles. The Bertz CT molecular complexity index is 995. The number of nitrogens with zero attached hydrogens (tertiary/aromatic N) is 2. The van der Waals surface area contributed by atoms with Crippen molar-refractivity contribution in [2.75, 3.05) is 25.5 Å². The number of hydrogen-bond donors (Lipinski definition) is 3. The molecule has 0 saturated heterocycles. The van der Waals surface area contributed by atoms with E-state index in [-0.39, 0.29) is 5.75 Å². The summed E-state index contributed by atoms with van der Waals surface area (Å²) in [5.41, 5.74) is 5.96. The van der Waals surface area contributed by atoms with E-state index in [1.54, 1.807) is 13.2 Å². The van der Waals surface area contributed by atoms with Crippen LogP contribution in [0.5, 0.6) is 5.75 Å². The Morgan fingerprint density at radius 1 is 1.14 bits per heavy atom. The highest BCUT2D eigenvalue weighted by molar-refractivity contribution is 7.99. The highest BCUT2D eigenvalue weighted by Gasteiger charge is 2.12. The van der Waals surface area contributed by atoms with E-state index in [1.807, 2.05) is 30.3 Å². The Morgan fingerprint density at radius 3 is 2.61 bits per heavy atom. The second kappa shape index (κ2) is 8.96. The lowest BCUT2D eigenvalue weighted by atomic mass is 10.0. The molecule has 0 bridgehead atoms. The maximum atomic E-state index is 10.7. The van der Waals surface area contributed by atoms with Gasteiger partial charge in [-0.15, -0.1) is 10.2 Å². The van der Waals surface area contributed by atoms with Gasteiger partial charge in [-0.2, -0.15) is 0 Å². The van der Waals surface area contributed by atoms with Gasteiger partial charge < -0.3 is 14.8 Å². The van der Waals surface area contributed by atoms with Crippen LogP contribution in [-0.2, 0) is 9.63 Å². The molecule has 0 saturated carbocycles. The molecule has 8 nitrogen and oxygen atoms in total. The molecule has 0 aliphatic rings. The number of aromatic nitrogens is 3. The fourth-order valence-electron chi connectivity index (χ4n) is 2.53. The minimum absolute atomic E-state index is 0.104. The van der Waals surface area contributed by atoms with Gasteiger partial charge in [0.25, 0.3) is 0 Å². The van der Waals surface area contributed by atoms with Crippen LogP contribution in [0.15, 0.2) is 41.6 Å². The Hall–Kier alpha value is -2.75. The number of carboxylic acids is 1. The quantitative estimate of drug-likeness (QED) is 0.371. The number of thioether (sulfide) groups is 1. The normalized spacial score (nSPS) is 10.7. The molecule has 1 aromatic heterocycles. The fourth-order valence-corrected chi connectivity index (χ4v) is 3.28. The average molecular weight is 421 g/mol. The fraction of sp³-hybridized carbons (Fsp3) is 0.167. The van der Waals surface area contributed by atoms with Crippen molar-refractivity contribution in [3.8, 4) is 28.3 Å². The number of anilines is 1. The molecule has 0 fully saturated rings. The van der Waals surface area contributed by atoms with Gasteiger partial charge in [-0.1, -0.05) is 23.4 Å². The van der Waals surface area contributed by atoms with Gasteiger partial charge in [-0.25, -0.2) is 0 Å². The molecule has 146 valence electrons. The number of aromatic amines is 1. The van der Waals surface area contributed by atoms with Gasteiger partial charge >= 0.3 is 5.97 Å². The van der Waals surface area contributed by atoms with Crippen molar-refractivity contribution in [1.82, 2.24) is 15.2 Å². The van der Waals surface area contributed by atoms with Crippen molar-refractivity contribution in [3.63, 3.8) is 0 Å². The maximum absolute atomic E-state index is 10.7. The summed E-state index contributed by atoms with van der Waals surface area (Å²) in [5, 5.41) is 17.9. The van der Waals surface area contributed by atoms with Crippen LogP contribution in [0.25, 0.3) is 22.5 Å². The first-order valence-electron chi connectivity index (χ1n) is 8.05. The number of aliphatic carboxylic acids is 1. The number of carbonyl (C=O) groups is 1. The van der Waals surface area contributed by atoms with Crippen molar-refractivity contribution in [3.05, 3.63) is 41.4 Å². The van der Waals surface area contributed by atoms with E-state index in [2.05, 4.69) is 20.7 Å². The summed E-state index contributed by atoms with van der Waals surface area (Å²) in [5.74, 6) is 0.114. The number of ether oxygens (including phenoxy) is 1. The molecule has 3 aromatic rings. The molecule has 0 spiro atoms. The van der Waals surface area contributed by atoms with Gasteiger partial charge in [0, 0.05) is 10.6 Å². The number of H-pyrrole nitrogens is 1. The third-order valence-electron chi connectivity index (χ3n) is 3.67. The number of benzene rings is 2. The van der Waals surface area contributed by atoms with Crippen molar-refractivity contribution in [2.45, 2.75) is 5.16 Å². The molecule has 10 heteroatoms. The van der Waals surface area contributed by atoms with Crippen LogP contribution in [0, 0.1) is 0 Å². The third-order valence-corrected chi connectivity index (χ3v) is 4.73. The molecule has 0 unspecified atom stereocenters. The highest BCUT2D eigenvalue weighted by atomic mass is 35.5. The third kappa shape index (κ3) is 4.94. The lowest BCUT2D eigenvalue weighted by molar-refractivity contribution is -0.133. The van der Waals surface area contributed by atoms with E-state index in [0.29, 0.717) is 27.4 Å². The minimum Gasteiger partial charge on any atom is -0.497 e. The Labute approximate surface area is 170 Å². The number of rotatable bonds is 8. The molecule has 1 heterocycles. The van der Waals surface area contributed by atoms with Gasteiger partial charge in [0.05, 0.1) is 25.7 Å². The monoisotopic (exact) mass is 420 g/mol. The second-order valence-electron chi connectivity index (χ2n) is 5.65. The summed E-state index contributed by atoms with van der Waals surface area (Å²) in [6.45, 7) is 0. The number of hydrogen-bond acceptors (Lipinski definition) is 7. The van der Waals surface area contributed by atoms with Crippen LogP contribution in [0.3, 0.4) is 0 Å². The van der Waals surface area contributed by atoms with Crippen molar-refractivity contribution in [1.29, 1.82) is 0 Å². The van der Waals surface area contributed by atoms with Crippen LogP contribution >= 0.6 is 23.4 Å². The molecular weight excluding hydrogens is 404 g/mol. The van der Waals surface area contributed by atoms with Crippen LogP contribution in [0.1, 0.15) is 0 Å². The summed E-state index contributed by atoms with van der Waals surface area (Å²) < 4.78 is 5.30. The topological polar surface area (TPSA) is 109 Å². The van der Waals surface area contributed by atoms with E-state index in [4.69, 9.17) is 26.3 Å². The van der Waals surface area contributed by atoms with Crippen LogP contribution in [0.2, 0.25) is 5.02 Å². The summed E-state index contributed by atoms with van der Waals surface area (Å²) >= 11 is 7.26. The van der Waals surface area contributed by atoms with E-state index < -0.39 is 5.97 Å². The van der Waals surface area contributed by atoms with Crippen molar-refractivity contribution < 1.29 is 19.5 Å². The molecule has 0 aliphatic heterocycles. The maximum Gasteiger partial charge on any atom is 0.313 e. The Kier molecular flexibility index (Phi) is 6.40. The van der Waals surface area contributed by atoms with Crippen LogP contribution in [-0.4, -0.2) is 46.2 Å². The number of carboxylic acid groups (broad SMARTS) is 1. The summed E-state index contributed by atoms with van der Waals surface area (Å²) in [6, 6.07) is 11.1. The predicted molar refractivity (Wildman–Crippen MR) is 108 cm³/mol. The molecular formula is C18H17ClN4O4S. The van der Waals surface area contributed by atoms with Gasteiger partial charge in [0.1, 0.15) is 5.75 Å². The molecule has 0 amide bonds. The molecule has 3 rings (SSSR count). The van der Waals surface area contributed by atoms with E-state index in [1.165, 1.54) is 7.11 Å². The van der Waals surface area contributed by atoms with Crippen molar-refractivity contribution in [2.24, 2.45) is 0 Å².